The van der Waals surface area contributed by atoms with E-state index in [-0.39, 0.29) is 17.7 Å². The number of hydrogen-bond acceptors (Lipinski definition) is 2. The summed E-state index contributed by atoms with van der Waals surface area (Å²) in [6.45, 7) is 1.69. The second-order valence-electron chi connectivity index (χ2n) is 4.28. The number of rotatable bonds is 3. The van der Waals surface area contributed by atoms with Crippen LogP contribution in [0.1, 0.15) is 22.7 Å². The molecule has 3 N–H and O–H groups in total. The van der Waals surface area contributed by atoms with Crippen molar-refractivity contribution in [3.63, 3.8) is 0 Å². The van der Waals surface area contributed by atoms with Crippen molar-refractivity contribution in [2.45, 2.75) is 13.0 Å². The molecule has 0 bridgehead atoms. The summed E-state index contributed by atoms with van der Waals surface area (Å²) in [6.07, 6.45) is 0. The van der Waals surface area contributed by atoms with Gasteiger partial charge in [-0.3, -0.25) is 5.84 Å². The second-order valence-corrected chi connectivity index (χ2v) is 5.14. The van der Waals surface area contributed by atoms with E-state index in [0.717, 1.165) is 11.1 Å². The van der Waals surface area contributed by atoms with E-state index in [4.69, 9.17) is 5.84 Å². The van der Waals surface area contributed by atoms with Crippen LogP contribution < -0.4 is 11.3 Å². The maximum atomic E-state index is 13.3. The molecule has 0 aliphatic heterocycles. The Balaban J connectivity index is 2.43. The van der Waals surface area contributed by atoms with Crippen molar-refractivity contribution in [1.82, 2.24) is 5.43 Å². The molecule has 0 aliphatic rings. The minimum Gasteiger partial charge on any atom is -0.271 e. The predicted octanol–water partition coefficient (Wildman–Crippen LogP) is 3.59. The van der Waals surface area contributed by atoms with Crippen molar-refractivity contribution < 1.29 is 8.78 Å². The van der Waals surface area contributed by atoms with Gasteiger partial charge in [-0.05, 0) is 57.7 Å². The molecular formula is C14H13BrF2N2. The van der Waals surface area contributed by atoms with Crippen LogP contribution in [0.2, 0.25) is 0 Å². The van der Waals surface area contributed by atoms with Gasteiger partial charge in [-0.1, -0.05) is 18.2 Å². The van der Waals surface area contributed by atoms with Gasteiger partial charge >= 0.3 is 0 Å². The number of nitrogens with one attached hydrogen (secondary N) is 1. The Bertz CT molecular complexity index is 550. The van der Waals surface area contributed by atoms with E-state index in [1.165, 1.54) is 12.1 Å². The molecule has 2 aromatic carbocycles. The SMILES string of the molecule is Cc1cc(C(NN)c2ccc(F)c(Br)c2)ccc1F. The maximum absolute atomic E-state index is 13.3. The van der Waals surface area contributed by atoms with Gasteiger partial charge in [0.1, 0.15) is 11.6 Å². The van der Waals surface area contributed by atoms with Crippen LogP contribution >= 0.6 is 15.9 Å². The smallest absolute Gasteiger partial charge is 0.137 e. The first-order valence-corrected chi connectivity index (χ1v) is 6.49. The summed E-state index contributed by atoms with van der Waals surface area (Å²) in [5, 5.41) is 0. The Hall–Kier alpha value is -1.30. The minimum absolute atomic E-state index is 0.264. The van der Waals surface area contributed by atoms with Gasteiger partial charge in [0.05, 0.1) is 10.5 Å². The predicted molar refractivity (Wildman–Crippen MR) is 74.4 cm³/mol. The fraction of sp³-hybridized carbons (Fsp3) is 0.143. The molecule has 2 nitrogen and oxygen atoms in total. The highest BCUT2D eigenvalue weighted by Crippen LogP contribution is 2.26. The number of aryl methyl sites for hydroxylation is 1. The van der Waals surface area contributed by atoms with Gasteiger partial charge in [0.15, 0.2) is 0 Å². The minimum atomic E-state index is -0.338. The van der Waals surface area contributed by atoms with Gasteiger partial charge in [-0.15, -0.1) is 0 Å². The summed E-state index contributed by atoms with van der Waals surface area (Å²) in [5.41, 5.74) is 4.82. The highest BCUT2D eigenvalue weighted by Gasteiger charge is 2.15. The van der Waals surface area contributed by atoms with E-state index in [1.807, 2.05) is 0 Å². The Morgan fingerprint density at radius 1 is 1.05 bits per heavy atom. The van der Waals surface area contributed by atoms with Crippen LogP contribution in [-0.4, -0.2) is 0 Å². The third kappa shape index (κ3) is 3.00. The molecule has 0 saturated carbocycles. The third-order valence-electron chi connectivity index (χ3n) is 2.96. The Kier molecular flexibility index (Phi) is 4.29. The van der Waals surface area contributed by atoms with E-state index >= 15 is 0 Å². The average Bonchev–Trinajstić information content (AvgIpc) is 2.39. The first-order chi connectivity index (χ1) is 9.02. The molecule has 0 aromatic heterocycles. The van der Waals surface area contributed by atoms with Crippen molar-refractivity contribution in [1.29, 1.82) is 0 Å². The topological polar surface area (TPSA) is 38.0 Å². The molecule has 0 amide bonds. The zero-order chi connectivity index (χ0) is 14.0. The van der Waals surface area contributed by atoms with E-state index < -0.39 is 0 Å². The standard InChI is InChI=1S/C14H13BrF2N2/c1-8-6-9(2-4-12(8)16)14(19-18)10-3-5-13(17)11(15)7-10/h2-7,14,19H,18H2,1H3. The first-order valence-electron chi connectivity index (χ1n) is 5.70. The molecule has 0 radical (unpaired) electrons. The quantitative estimate of drug-likeness (QED) is 0.668. The Labute approximate surface area is 118 Å². The largest absolute Gasteiger partial charge is 0.271 e. The number of hydrazine groups is 1. The van der Waals surface area contributed by atoms with Crippen molar-refractivity contribution in [2.75, 3.05) is 0 Å². The maximum Gasteiger partial charge on any atom is 0.137 e. The van der Waals surface area contributed by atoms with Gasteiger partial charge in [-0.2, -0.15) is 0 Å². The molecule has 100 valence electrons. The van der Waals surface area contributed by atoms with Crippen LogP contribution in [-0.2, 0) is 0 Å². The molecule has 0 fully saturated rings. The summed E-state index contributed by atoms with van der Waals surface area (Å²) in [7, 11) is 0. The van der Waals surface area contributed by atoms with E-state index in [1.54, 1.807) is 31.2 Å². The molecule has 0 spiro atoms. The molecule has 0 aliphatic carbocycles. The van der Waals surface area contributed by atoms with Gasteiger partial charge in [0, 0.05) is 0 Å². The van der Waals surface area contributed by atoms with Crippen LogP contribution in [0.5, 0.6) is 0 Å². The summed E-state index contributed by atoms with van der Waals surface area (Å²) < 4.78 is 26.9. The van der Waals surface area contributed by atoms with Gasteiger partial charge in [0.25, 0.3) is 0 Å². The monoisotopic (exact) mass is 326 g/mol. The lowest BCUT2D eigenvalue weighted by Gasteiger charge is -2.18. The zero-order valence-electron chi connectivity index (χ0n) is 10.3. The van der Waals surface area contributed by atoms with E-state index in [2.05, 4.69) is 21.4 Å². The summed E-state index contributed by atoms with van der Waals surface area (Å²) in [6, 6.07) is 9.10. The molecule has 1 atom stereocenters. The summed E-state index contributed by atoms with van der Waals surface area (Å²) in [5.74, 6) is 4.96. The van der Waals surface area contributed by atoms with Crippen molar-refractivity contribution in [3.8, 4) is 0 Å². The second kappa shape index (κ2) is 5.77. The number of hydrogen-bond donors (Lipinski definition) is 2. The Morgan fingerprint density at radius 2 is 1.63 bits per heavy atom. The zero-order valence-corrected chi connectivity index (χ0v) is 11.8. The molecule has 1 unspecified atom stereocenters. The van der Waals surface area contributed by atoms with Gasteiger partial charge in [-0.25, -0.2) is 14.2 Å². The highest BCUT2D eigenvalue weighted by molar-refractivity contribution is 9.10. The van der Waals surface area contributed by atoms with E-state index in [0.29, 0.717) is 10.0 Å². The number of halogens is 3. The van der Waals surface area contributed by atoms with E-state index in [9.17, 15) is 8.78 Å². The molecule has 0 heterocycles. The Morgan fingerprint density at radius 3 is 2.16 bits per heavy atom. The van der Waals surface area contributed by atoms with Crippen molar-refractivity contribution >= 4 is 15.9 Å². The van der Waals surface area contributed by atoms with Crippen LogP contribution in [0.4, 0.5) is 8.78 Å². The summed E-state index contributed by atoms with van der Waals surface area (Å²) >= 11 is 3.14. The lowest BCUT2D eigenvalue weighted by atomic mass is 9.98. The molecule has 19 heavy (non-hydrogen) atoms. The highest BCUT2D eigenvalue weighted by atomic mass is 79.9. The molecule has 2 rings (SSSR count). The molecule has 0 saturated heterocycles. The average molecular weight is 327 g/mol. The van der Waals surface area contributed by atoms with Crippen LogP contribution in [0.3, 0.4) is 0 Å². The van der Waals surface area contributed by atoms with Crippen molar-refractivity contribution in [2.24, 2.45) is 5.84 Å². The van der Waals surface area contributed by atoms with Crippen LogP contribution in [0, 0.1) is 18.6 Å². The number of benzene rings is 2. The van der Waals surface area contributed by atoms with Crippen LogP contribution in [0.15, 0.2) is 40.9 Å². The lowest BCUT2D eigenvalue weighted by Crippen LogP contribution is -2.29. The first kappa shape index (κ1) is 14.1. The van der Waals surface area contributed by atoms with Crippen molar-refractivity contribution in [3.05, 3.63) is 69.2 Å². The molecule has 2 aromatic rings. The fourth-order valence-corrected chi connectivity index (χ4v) is 2.32. The fourth-order valence-electron chi connectivity index (χ4n) is 1.92. The van der Waals surface area contributed by atoms with Gasteiger partial charge in [0.2, 0.25) is 0 Å². The lowest BCUT2D eigenvalue weighted by molar-refractivity contribution is 0.602. The third-order valence-corrected chi connectivity index (χ3v) is 3.57. The number of nitrogens with two attached hydrogens (primary N) is 1. The normalized spacial score (nSPS) is 12.5. The van der Waals surface area contributed by atoms with Crippen LogP contribution in [0.25, 0.3) is 0 Å². The molecular weight excluding hydrogens is 314 g/mol. The molecule has 5 heteroatoms. The summed E-state index contributed by atoms with van der Waals surface area (Å²) in [4.78, 5) is 0. The van der Waals surface area contributed by atoms with Gasteiger partial charge < -0.3 is 0 Å².